The number of nitrogens with one attached hydrogen (secondary N) is 2. The van der Waals surface area contributed by atoms with Gasteiger partial charge in [0.05, 0.1) is 0 Å². The Morgan fingerprint density at radius 1 is 1.24 bits per heavy atom. The van der Waals surface area contributed by atoms with Crippen LogP contribution in [0.15, 0.2) is 4.99 Å². The van der Waals surface area contributed by atoms with E-state index < -0.39 is 0 Å². The summed E-state index contributed by atoms with van der Waals surface area (Å²) in [5, 5.41) is 15.4. The van der Waals surface area contributed by atoms with Crippen LogP contribution in [0.4, 0.5) is 0 Å². The zero-order chi connectivity index (χ0) is 17.4. The Balaban J connectivity index is 0.00000312. The van der Waals surface area contributed by atoms with Gasteiger partial charge < -0.3 is 15.2 Å². The lowest BCUT2D eigenvalue weighted by atomic mass is 10.1. The normalized spacial score (nSPS) is 15.5. The number of hydrogen-bond donors (Lipinski definition) is 2. The number of rotatable bonds is 8. The fourth-order valence-corrected chi connectivity index (χ4v) is 3.04. The molecular weight excluding hydrogens is 427 g/mol. The van der Waals surface area contributed by atoms with Crippen molar-refractivity contribution < 1.29 is 0 Å². The van der Waals surface area contributed by atoms with Gasteiger partial charge in [0.1, 0.15) is 12.4 Å². The van der Waals surface area contributed by atoms with Crippen LogP contribution in [0.2, 0.25) is 0 Å². The Hall–Kier alpha value is -0.860. The summed E-state index contributed by atoms with van der Waals surface area (Å²) < 4.78 is 2.00. The molecule has 0 radical (unpaired) electrons. The Labute approximate surface area is 169 Å². The summed E-state index contributed by atoms with van der Waals surface area (Å²) in [6, 6.07) is 0.563. The minimum absolute atomic E-state index is 0. The highest BCUT2D eigenvalue weighted by Gasteiger charge is 2.16. The Bertz CT molecular complexity index is 520. The number of hydrogen-bond acceptors (Lipinski definition) is 3. The van der Waals surface area contributed by atoms with Gasteiger partial charge in [-0.1, -0.05) is 39.5 Å². The predicted octanol–water partition coefficient (Wildman–Crippen LogP) is 3.55. The molecule has 1 aromatic rings. The van der Waals surface area contributed by atoms with Crippen molar-refractivity contribution in [3.63, 3.8) is 0 Å². The van der Waals surface area contributed by atoms with E-state index in [9.17, 15) is 0 Å². The Morgan fingerprint density at radius 3 is 2.56 bits per heavy atom. The van der Waals surface area contributed by atoms with Gasteiger partial charge in [-0.15, -0.1) is 34.2 Å². The summed E-state index contributed by atoms with van der Waals surface area (Å²) in [5.74, 6) is 3.54. The van der Waals surface area contributed by atoms with Crippen molar-refractivity contribution in [1.29, 1.82) is 0 Å². The zero-order valence-corrected chi connectivity index (χ0v) is 18.5. The van der Waals surface area contributed by atoms with Crippen LogP contribution < -0.4 is 10.6 Å². The number of guanidine groups is 1. The van der Waals surface area contributed by atoms with Crippen LogP contribution in [0, 0.1) is 12.8 Å². The molecule has 0 unspecified atom stereocenters. The lowest BCUT2D eigenvalue weighted by Gasteiger charge is -2.17. The highest BCUT2D eigenvalue weighted by molar-refractivity contribution is 14.0. The van der Waals surface area contributed by atoms with Gasteiger partial charge >= 0.3 is 0 Å². The van der Waals surface area contributed by atoms with E-state index in [1.807, 2.05) is 18.5 Å². The van der Waals surface area contributed by atoms with Gasteiger partial charge in [0.15, 0.2) is 11.8 Å². The molecule has 0 spiro atoms. The number of aliphatic imine (C=N–C) groups is 1. The second kappa shape index (κ2) is 11.7. The SMILES string of the molecule is Cc1nnc(CN=C(NCCCCC(C)C)NC2CCCC2)n1C.I. The maximum atomic E-state index is 4.74. The van der Waals surface area contributed by atoms with Crippen molar-refractivity contribution in [2.45, 2.75) is 78.3 Å². The molecule has 1 aromatic heterocycles. The van der Waals surface area contributed by atoms with Gasteiger partial charge in [-0.05, 0) is 32.1 Å². The summed E-state index contributed by atoms with van der Waals surface area (Å²) in [6.45, 7) is 8.06. The predicted molar refractivity (Wildman–Crippen MR) is 114 cm³/mol. The van der Waals surface area contributed by atoms with E-state index in [0.717, 1.165) is 30.1 Å². The van der Waals surface area contributed by atoms with E-state index in [-0.39, 0.29) is 24.0 Å². The molecule has 2 N–H and O–H groups in total. The van der Waals surface area contributed by atoms with Crippen LogP contribution in [0.25, 0.3) is 0 Å². The first-order valence-electron chi connectivity index (χ1n) is 9.46. The smallest absolute Gasteiger partial charge is 0.191 e. The lowest BCUT2D eigenvalue weighted by Crippen LogP contribution is -2.42. The average Bonchev–Trinajstić information content (AvgIpc) is 3.16. The minimum Gasteiger partial charge on any atom is -0.356 e. The van der Waals surface area contributed by atoms with Crippen molar-refractivity contribution in [3.8, 4) is 0 Å². The van der Waals surface area contributed by atoms with E-state index >= 15 is 0 Å². The van der Waals surface area contributed by atoms with Gasteiger partial charge in [0.25, 0.3) is 0 Å². The molecular formula is C18H35IN6. The molecule has 25 heavy (non-hydrogen) atoms. The minimum atomic E-state index is 0. The molecule has 1 saturated carbocycles. The maximum Gasteiger partial charge on any atom is 0.191 e. The highest BCUT2D eigenvalue weighted by atomic mass is 127. The monoisotopic (exact) mass is 462 g/mol. The first-order chi connectivity index (χ1) is 11.6. The van der Waals surface area contributed by atoms with E-state index in [4.69, 9.17) is 4.99 Å². The molecule has 0 bridgehead atoms. The second-order valence-corrected chi connectivity index (χ2v) is 7.33. The second-order valence-electron chi connectivity index (χ2n) is 7.33. The average molecular weight is 462 g/mol. The van der Waals surface area contributed by atoms with E-state index in [2.05, 4.69) is 34.7 Å². The van der Waals surface area contributed by atoms with Crippen molar-refractivity contribution in [1.82, 2.24) is 25.4 Å². The third-order valence-electron chi connectivity index (χ3n) is 4.76. The van der Waals surface area contributed by atoms with Gasteiger partial charge in [0.2, 0.25) is 0 Å². The van der Waals surface area contributed by atoms with Crippen molar-refractivity contribution in [2.24, 2.45) is 18.0 Å². The first kappa shape index (κ1) is 22.2. The third kappa shape index (κ3) is 7.92. The fourth-order valence-electron chi connectivity index (χ4n) is 3.04. The summed E-state index contributed by atoms with van der Waals surface area (Å²) in [4.78, 5) is 4.74. The number of aryl methyl sites for hydroxylation is 1. The van der Waals surface area contributed by atoms with Crippen LogP contribution in [0.3, 0.4) is 0 Å². The van der Waals surface area contributed by atoms with Crippen LogP contribution in [-0.4, -0.2) is 33.3 Å². The molecule has 1 fully saturated rings. The standard InChI is InChI=1S/C18H34N6.HI/c1-14(2)9-7-8-12-19-18(21-16-10-5-6-11-16)20-13-17-23-22-15(3)24(17)4;/h14,16H,5-13H2,1-4H3,(H2,19,20,21);1H. The molecule has 0 aromatic carbocycles. The lowest BCUT2D eigenvalue weighted by molar-refractivity contribution is 0.532. The molecule has 144 valence electrons. The van der Waals surface area contributed by atoms with Crippen LogP contribution in [-0.2, 0) is 13.6 Å². The van der Waals surface area contributed by atoms with Crippen LogP contribution in [0.1, 0.15) is 70.4 Å². The Morgan fingerprint density at radius 2 is 1.96 bits per heavy atom. The zero-order valence-electron chi connectivity index (χ0n) is 16.2. The van der Waals surface area contributed by atoms with Crippen molar-refractivity contribution >= 4 is 29.9 Å². The number of halogens is 1. The molecule has 0 atom stereocenters. The summed E-state index contributed by atoms with van der Waals surface area (Å²) in [5.41, 5.74) is 0. The topological polar surface area (TPSA) is 67.1 Å². The molecule has 0 amide bonds. The summed E-state index contributed by atoms with van der Waals surface area (Å²) in [7, 11) is 1.99. The third-order valence-corrected chi connectivity index (χ3v) is 4.76. The van der Waals surface area contributed by atoms with Crippen LogP contribution >= 0.6 is 24.0 Å². The molecule has 1 aliphatic rings. The number of unbranched alkanes of at least 4 members (excludes halogenated alkanes) is 1. The first-order valence-corrected chi connectivity index (χ1v) is 9.46. The molecule has 1 heterocycles. The van der Waals surface area contributed by atoms with E-state index in [0.29, 0.717) is 12.6 Å². The molecule has 6 nitrogen and oxygen atoms in total. The van der Waals surface area contributed by atoms with E-state index in [1.54, 1.807) is 0 Å². The highest BCUT2D eigenvalue weighted by Crippen LogP contribution is 2.17. The fraction of sp³-hybridized carbons (Fsp3) is 0.833. The van der Waals surface area contributed by atoms with Gasteiger partial charge in [-0.2, -0.15) is 0 Å². The molecule has 1 aliphatic carbocycles. The quantitative estimate of drug-likeness (QED) is 0.269. The summed E-state index contributed by atoms with van der Waals surface area (Å²) >= 11 is 0. The van der Waals surface area contributed by atoms with E-state index in [1.165, 1.54) is 44.9 Å². The Kier molecular flexibility index (Phi) is 10.4. The number of aromatic nitrogens is 3. The van der Waals surface area contributed by atoms with Crippen molar-refractivity contribution in [2.75, 3.05) is 6.54 Å². The summed E-state index contributed by atoms with van der Waals surface area (Å²) in [6.07, 6.45) is 8.89. The molecule has 0 aliphatic heterocycles. The van der Waals surface area contributed by atoms with Gasteiger partial charge in [-0.25, -0.2) is 4.99 Å². The number of nitrogens with zero attached hydrogens (tertiary/aromatic N) is 4. The van der Waals surface area contributed by atoms with Gasteiger partial charge in [-0.3, -0.25) is 0 Å². The largest absolute Gasteiger partial charge is 0.356 e. The molecule has 2 rings (SSSR count). The van der Waals surface area contributed by atoms with Crippen molar-refractivity contribution in [3.05, 3.63) is 11.6 Å². The molecule has 7 heteroatoms. The van der Waals surface area contributed by atoms with Gasteiger partial charge in [0, 0.05) is 19.6 Å². The van der Waals surface area contributed by atoms with Crippen LogP contribution in [0.5, 0.6) is 0 Å². The maximum absolute atomic E-state index is 4.74. The molecule has 0 saturated heterocycles.